The highest BCUT2D eigenvalue weighted by atomic mass is 16.5. The summed E-state index contributed by atoms with van der Waals surface area (Å²) in [5.41, 5.74) is 4.74. The number of H-pyrrole nitrogens is 1. The predicted molar refractivity (Wildman–Crippen MR) is 211 cm³/mol. The average molecular weight is 706 g/mol. The highest BCUT2D eigenvalue weighted by Gasteiger charge is 2.23. The molecule has 0 fully saturated rings. The third-order valence-corrected chi connectivity index (χ3v) is 9.94. The molecule has 52 heavy (non-hydrogen) atoms. The molecule has 276 valence electrons. The minimum Gasteiger partial charge on any atom is -0.508 e. The van der Waals surface area contributed by atoms with Crippen molar-refractivity contribution in [3.05, 3.63) is 135 Å². The predicted octanol–water partition coefficient (Wildman–Crippen LogP) is 7.85. The summed E-state index contributed by atoms with van der Waals surface area (Å²) in [6.07, 6.45) is 1.52. The SMILES string of the molecule is CC(C)N(CC[C@H](c1ccccc1)c1cc(CCOc2ccc(CC(C)(C)NC[C@H](O)c3ccc(O)c4[nH]c(=O)ccc34)cc2)ccc1O)C(C)C. The number of aliphatic hydroxyl groups is 1. The molecule has 5 aromatic rings. The van der Waals surface area contributed by atoms with Crippen LogP contribution in [-0.2, 0) is 12.8 Å². The van der Waals surface area contributed by atoms with E-state index in [4.69, 9.17) is 4.74 Å². The van der Waals surface area contributed by atoms with Gasteiger partial charge in [0.1, 0.15) is 17.2 Å². The highest BCUT2D eigenvalue weighted by Crippen LogP contribution is 2.35. The number of fused-ring (bicyclic) bond motifs is 1. The number of aromatic nitrogens is 1. The quantitative estimate of drug-likeness (QED) is 0.0669. The molecule has 5 N–H and O–H groups in total. The van der Waals surface area contributed by atoms with Crippen molar-refractivity contribution in [1.82, 2.24) is 15.2 Å². The summed E-state index contributed by atoms with van der Waals surface area (Å²) < 4.78 is 6.16. The van der Waals surface area contributed by atoms with E-state index in [1.165, 1.54) is 17.7 Å². The molecule has 0 spiro atoms. The first-order valence-electron chi connectivity index (χ1n) is 18.4. The van der Waals surface area contributed by atoms with E-state index in [2.05, 4.69) is 99.2 Å². The van der Waals surface area contributed by atoms with Gasteiger partial charge in [0.2, 0.25) is 5.56 Å². The lowest BCUT2D eigenvalue weighted by molar-refractivity contribution is 0.162. The standard InChI is InChI=1S/C44H55N3O5/c1-29(2)47(30(3)4)24-22-35(33-10-8-7-9-11-33)38-26-31(14-19-39(38)48)23-25-52-34-15-12-32(13-16-34)27-44(5,6)45-28-41(50)36-17-20-40(49)43-37(36)18-21-42(51)46-43/h7-21,26,29-30,35,41,45,48-50H,22-25,27-28H2,1-6H3,(H,46,51)/t35-,41+/m1/s1. The van der Waals surface area contributed by atoms with Crippen LogP contribution in [0.1, 0.15) is 87.8 Å². The molecule has 0 saturated carbocycles. The number of aliphatic hydroxyl groups excluding tert-OH is 1. The number of hydrogen-bond donors (Lipinski definition) is 5. The monoisotopic (exact) mass is 705 g/mol. The molecule has 0 unspecified atom stereocenters. The smallest absolute Gasteiger partial charge is 0.248 e. The van der Waals surface area contributed by atoms with Crippen LogP contribution in [0.25, 0.3) is 10.9 Å². The number of β-amino-alcohol motifs (C(OH)–C–C–N with tert-alkyl or cyclic N) is 1. The normalized spacial score (nSPS) is 13.3. The van der Waals surface area contributed by atoms with Crippen LogP contribution < -0.4 is 15.6 Å². The van der Waals surface area contributed by atoms with E-state index in [0.717, 1.165) is 41.8 Å². The molecule has 0 aliphatic heterocycles. The molecule has 1 heterocycles. The molecular weight excluding hydrogens is 651 g/mol. The zero-order chi connectivity index (χ0) is 37.4. The lowest BCUT2D eigenvalue weighted by atomic mass is 9.86. The molecule has 5 rings (SSSR count). The minimum absolute atomic E-state index is 0.0304. The number of ether oxygens (including phenoxy) is 1. The summed E-state index contributed by atoms with van der Waals surface area (Å²) >= 11 is 0. The van der Waals surface area contributed by atoms with Crippen molar-refractivity contribution in [3.63, 3.8) is 0 Å². The Morgan fingerprint density at radius 2 is 1.48 bits per heavy atom. The lowest BCUT2D eigenvalue weighted by Gasteiger charge is -2.32. The topological polar surface area (TPSA) is 118 Å². The summed E-state index contributed by atoms with van der Waals surface area (Å²) in [7, 11) is 0. The number of hydrogen-bond acceptors (Lipinski definition) is 7. The van der Waals surface area contributed by atoms with Gasteiger partial charge in [0, 0.05) is 53.5 Å². The summed E-state index contributed by atoms with van der Waals surface area (Å²) in [4.78, 5) is 16.9. The summed E-state index contributed by atoms with van der Waals surface area (Å²) in [5, 5.41) is 36.4. The largest absolute Gasteiger partial charge is 0.508 e. The zero-order valence-electron chi connectivity index (χ0n) is 31.4. The van der Waals surface area contributed by atoms with E-state index in [-0.39, 0.29) is 22.8 Å². The second kappa shape index (κ2) is 17.3. The Balaban J connectivity index is 1.17. The third-order valence-electron chi connectivity index (χ3n) is 9.94. The molecule has 8 heteroatoms. The lowest BCUT2D eigenvalue weighted by Crippen LogP contribution is -2.43. The van der Waals surface area contributed by atoms with Crippen LogP contribution in [-0.4, -0.2) is 62.5 Å². The van der Waals surface area contributed by atoms with Crippen LogP contribution in [0.2, 0.25) is 0 Å². The van der Waals surface area contributed by atoms with Gasteiger partial charge < -0.3 is 30.4 Å². The molecule has 8 nitrogen and oxygen atoms in total. The molecule has 0 bridgehead atoms. The van der Waals surface area contributed by atoms with Crippen molar-refractivity contribution in [1.29, 1.82) is 0 Å². The van der Waals surface area contributed by atoms with Gasteiger partial charge in [0.25, 0.3) is 0 Å². The molecule has 0 saturated heterocycles. The van der Waals surface area contributed by atoms with Crippen molar-refractivity contribution in [2.45, 2.75) is 90.4 Å². The molecule has 0 aliphatic carbocycles. The Morgan fingerprint density at radius 1 is 0.808 bits per heavy atom. The van der Waals surface area contributed by atoms with E-state index in [9.17, 15) is 20.1 Å². The molecule has 0 radical (unpaired) electrons. The number of benzene rings is 4. The van der Waals surface area contributed by atoms with Gasteiger partial charge in [-0.2, -0.15) is 0 Å². The van der Waals surface area contributed by atoms with E-state index in [1.54, 1.807) is 12.1 Å². The number of phenolic OH excluding ortho intramolecular Hbond substituents is 2. The second-order valence-electron chi connectivity index (χ2n) is 15.1. The number of aromatic amines is 1. The van der Waals surface area contributed by atoms with Gasteiger partial charge in [-0.25, -0.2) is 0 Å². The third kappa shape index (κ3) is 10.0. The number of pyridine rings is 1. The van der Waals surface area contributed by atoms with Gasteiger partial charge in [0.05, 0.1) is 18.2 Å². The van der Waals surface area contributed by atoms with E-state index < -0.39 is 6.10 Å². The molecule has 1 aromatic heterocycles. The van der Waals surface area contributed by atoms with Crippen molar-refractivity contribution >= 4 is 10.9 Å². The molecule has 4 aromatic carbocycles. The fourth-order valence-corrected chi connectivity index (χ4v) is 7.21. The zero-order valence-corrected chi connectivity index (χ0v) is 31.4. The Hall–Kier alpha value is -4.63. The van der Waals surface area contributed by atoms with Crippen LogP contribution in [0.4, 0.5) is 0 Å². The van der Waals surface area contributed by atoms with Gasteiger partial charge in [-0.3, -0.25) is 9.69 Å². The van der Waals surface area contributed by atoms with Crippen LogP contribution in [0, 0.1) is 0 Å². The Labute approximate surface area is 308 Å². The van der Waals surface area contributed by atoms with E-state index in [0.29, 0.717) is 53.9 Å². The fraction of sp³-hybridized carbons (Fsp3) is 0.386. The Kier molecular flexibility index (Phi) is 12.8. The van der Waals surface area contributed by atoms with Crippen molar-refractivity contribution in [2.24, 2.45) is 0 Å². The van der Waals surface area contributed by atoms with Gasteiger partial charge in [-0.15, -0.1) is 0 Å². The van der Waals surface area contributed by atoms with Crippen molar-refractivity contribution in [2.75, 3.05) is 19.7 Å². The Bertz CT molecular complexity index is 1950. The van der Waals surface area contributed by atoms with Crippen molar-refractivity contribution < 1.29 is 20.1 Å². The van der Waals surface area contributed by atoms with Gasteiger partial charge in [-0.05, 0) is 114 Å². The maximum absolute atomic E-state index is 11.8. The number of nitrogens with one attached hydrogen (secondary N) is 2. The van der Waals surface area contributed by atoms with Crippen molar-refractivity contribution in [3.8, 4) is 17.2 Å². The van der Waals surface area contributed by atoms with Gasteiger partial charge in [0.15, 0.2) is 0 Å². The Morgan fingerprint density at radius 3 is 2.17 bits per heavy atom. The second-order valence-corrected chi connectivity index (χ2v) is 15.1. The first-order chi connectivity index (χ1) is 24.8. The van der Waals surface area contributed by atoms with E-state index >= 15 is 0 Å². The fourth-order valence-electron chi connectivity index (χ4n) is 7.21. The number of rotatable bonds is 17. The molecule has 0 amide bonds. The van der Waals surface area contributed by atoms with E-state index in [1.807, 2.05) is 30.3 Å². The summed E-state index contributed by atoms with van der Waals surface area (Å²) in [6.45, 7) is 14.9. The highest BCUT2D eigenvalue weighted by molar-refractivity contribution is 5.87. The van der Waals surface area contributed by atoms with Crippen LogP contribution in [0.5, 0.6) is 17.2 Å². The minimum atomic E-state index is -0.835. The van der Waals surface area contributed by atoms with Gasteiger partial charge >= 0.3 is 0 Å². The summed E-state index contributed by atoms with van der Waals surface area (Å²) in [6, 6.07) is 31.6. The van der Waals surface area contributed by atoms with Crippen LogP contribution in [0.15, 0.2) is 102 Å². The average Bonchev–Trinajstić information content (AvgIpc) is 3.11. The van der Waals surface area contributed by atoms with Crippen LogP contribution in [0.3, 0.4) is 0 Å². The van der Waals surface area contributed by atoms with Gasteiger partial charge in [-0.1, -0.05) is 60.7 Å². The maximum atomic E-state index is 11.8. The maximum Gasteiger partial charge on any atom is 0.248 e. The summed E-state index contributed by atoms with van der Waals surface area (Å²) in [5.74, 6) is 1.17. The number of nitrogens with zero attached hydrogens (tertiary/aromatic N) is 1. The molecule has 2 atom stereocenters. The number of phenols is 2. The molecule has 0 aliphatic rings. The molecular formula is C44H55N3O5. The number of aromatic hydroxyl groups is 2. The van der Waals surface area contributed by atoms with Crippen LogP contribution >= 0.6 is 0 Å². The first-order valence-corrected chi connectivity index (χ1v) is 18.4. The first kappa shape index (κ1) is 38.6.